The highest BCUT2D eigenvalue weighted by Gasteiger charge is 1.81. The van der Waals surface area contributed by atoms with Gasteiger partial charge in [0, 0.05) is 6.42 Å². The number of rotatable bonds is 6. The molecule has 0 unspecified atom stereocenters. The molecule has 0 rings (SSSR count). The van der Waals surface area contributed by atoms with E-state index in [-0.39, 0.29) is 0 Å². The quantitative estimate of drug-likeness (QED) is 0.334. The number of carbonyl (C=O) groups is 1. The lowest BCUT2D eigenvalue weighted by molar-refractivity contribution is -0.108. The summed E-state index contributed by atoms with van der Waals surface area (Å²) in [7, 11) is 1.96. The van der Waals surface area contributed by atoms with Crippen molar-refractivity contribution in [1.29, 1.82) is 0 Å². The second-order valence-corrected chi connectivity index (χ2v) is 2.93. The first-order chi connectivity index (χ1) is 9.68. The molecule has 0 bridgehead atoms. The first-order valence-corrected chi connectivity index (χ1v) is 7.90. The van der Waals surface area contributed by atoms with Crippen LogP contribution < -0.4 is 5.32 Å². The summed E-state index contributed by atoms with van der Waals surface area (Å²) in [6, 6.07) is 0. The van der Waals surface area contributed by atoms with E-state index in [1.807, 2.05) is 62.4 Å². The summed E-state index contributed by atoms with van der Waals surface area (Å²) in [6.45, 7) is 19.3. The molecule has 0 fully saturated rings. The van der Waals surface area contributed by atoms with Gasteiger partial charge >= 0.3 is 0 Å². The maximum Gasteiger partial charge on any atom is 0.123 e. The Hall–Kier alpha value is -0.900. The minimum atomic E-state index is 0.384. The molecule has 20 heavy (non-hydrogen) atoms. The molecular weight excluding hydrogens is 252 g/mol. The molecule has 0 heterocycles. The monoisotopic (exact) mass is 292 g/mol. The summed E-state index contributed by atoms with van der Waals surface area (Å²) in [5.41, 5.74) is 0.862. The Morgan fingerprint density at radius 3 is 1.75 bits per heavy atom. The summed E-state index contributed by atoms with van der Waals surface area (Å²) in [5, 5.41) is 6.64. The molecule has 0 atom stereocenters. The van der Waals surface area contributed by atoms with E-state index >= 15 is 0 Å². The third-order valence-electron chi connectivity index (χ3n) is 1.07. The molecule has 0 aliphatic rings. The van der Waals surface area contributed by atoms with Crippen molar-refractivity contribution in [3.8, 4) is 0 Å². The van der Waals surface area contributed by atoms with Gasteiger partial charge in [-0.3, -0.25) is 0 Å². The van der Waals surface area contributed by atoms with Gasteiger partial charge in [-0.05, 0) is 33.9 Å². The molecule has 4 heteroatoms. The molecule has 0 aromatic carbocycles. The van der Waals surface area contributed by atoms with Crippen LogP contribution in [0.15, 0.2) is 5.16 Å². The Balaban J connectivity index is -0.0000000580. The van der Waals surface area contributed by atoms with Crippen LogP contribution in [0, 0.1) is 0 Å². The van der Waals surface area contributed by atoms with Gasteiger partial charge in [-0.2, -0.15) is 0 Å². The predicted molar refractivity (Wildman–Crippen MR) is 93.7 cm³/mol. The molecule has 0 aliphatic heterocycles. The molecule has 1 N–H and O–H groups in total. The number of nitrogens with zero attached hydrogens (tertiary/aromatic N) is 1. The molecule has 0 aromatic rings. The lowest BCUT2D eigenvalue weighted by Gasteiger charge is -1.92. The van der Waals surface area contributed by atoms with Crippen LogP contribution in [0.25, 0.3) is 0 Å². The summed E-state index contributed by atoms with van der Waals surface area (Å²) >= 11 is 0. The maximum atomic E-state index is 9.72. The van der Waals surface area contributed by atoms with E-state index < -0.39 is 0 Å². The lowest BCUT2D eigenvalue weighted by Crippen LogP contribution is -2.04. The zero-order valence-corrected chi connectivity index (χ0v) is 15.7. The minimum absolute atomic E-state index is 0.384. The van der Waals surface area contributed by atoms with Crippen molar-refractivity contribution in [2.24, 2.45) is 5.16 Å². The number of hydrogen-bond donors (Lipinski definition) is 1. The van der Waals surface area contributed by atoms with E-state index in [2.05, 4.69) is 17.4 Å². The van der Waals surface area contributed by atoms with Gasteiger partial charge in [0.25, 0.3) is 0 Å². The van der Waals surface area contributed by atoms with Crippen molar-refractivity contribution in [2.45, 2.75) is 75.2 Å². The van der Waals surface area contributed by atoms with E-state index in [1.54, 1.807) is 0 Å². The molecule has 126 valence electrons. The number of aldehydes is 1. The Labute approximate surface area is 128 Å². The molecule has 0 amide bonds. The second kappa shape index (κ2) is 51.9. The average molecular weight is 293 g/mol. The summed E-state index contributed by atoms with van der Waals surface area (Å²) in [5.74, 6) is 0. The van der Waals surface area contributed by atoms with Crippen molar-refractivity contribution in [3.05, 3.63) is 0 Å². The zero-order valence-electron chi connectivity index (χ0n) is 15.7. The van der Waals surface area contributed by atoms with E-state index in [0.717, 1.165) is 18.5 Å². The van der Waals surface area contributed by atoms with Crippen molar-refractivity contribution in [1.82, 2.24) is 5.32 Å². The van der Waals surface area contributed by atoms with Gasteiger partial charge in [0.05, 0.1) is 5.71 Å². The molecule has 0 spiro atoms. The SMILES string of the molecule is CC.CC.CC.CC(C)=NOCCC=O.CCCNC. The smallest absolute Gasteiger partial charge is 0.123 e. The zero-order chi connectivity index (χ0) is 17.2. The van der Waals surface area contributed by atoms with Crippen molar-refractivity contribution >= 4 is 12.0 Å². The van der Waals surface area contributed by atoms with Gasteiger partial charge in [-0.1, -0.05) is 53.6 Å². The van der Waals surface area contributed by atoms with Gasteiger partial charge in [0.1, 0.15) is 12.9 Å². The van der Waals surface area contributed by atoms with Crippen LogP contribution in [-0.2, 0) is 9.63 Å². The largest absolute Gasteiger partial charge is 0.395 e. The van der Waals surface area contributed by atoms with Crippen LogP contribution in [-0.4, -0.2) is 32.2 Å². The molecule has 0 saturated carbocycles. The van der Waals surface area contributed by atoms with E-state index in [4.69, 9.17) is 4.84 Å². The van der Waals surface area contributed by atoms with Gasteiger partial charge in [0.15, 0.2) is 0 Å². The van der Waals surface area contributed by atoms with Gasteiger partial charge in [0.2, 0.25) is 0 Å². The normalized spacial score (nSPS) is 6.70. The molecule has 4 nitrogen and oxygen atoms in total. The number of oxime groups is 1. The van der Waals surface area contributed by atoms with Crippen LogP contribution in [0.5, 0.6) is 0 Å². The van der Waals surface area contributed by atoms with Gasteiger partial charge in [-0.25, -0.2) is 0 Å². The fraction of sp³-hybridized carbons (Fsp3) is 0.875. The minimum Gasteiger partial charge on any atom is -0.395 e. The Bertz CT molecular complexity index is 143. The molecule has 0 radical (unpaired) electrons. The third kappa shape index (κ3) is 87.9. The van der Waals surface area contributed by atoms with E-state index in [1.165, 1.54) is 6.42 Å². The highest BCUT2D eigenvalue weighted by molar-refractivity contribution is 5.78. The van der Waals surface area contributed by atoms with Crippen LogP contribution >= 0.6 is 0 Å². The highest BCUT2D eigenvalue weighted by atomic mass is 16.6. The first-order valence-electron chi connectivity index (χ1n) is 7.90. The fourth-order valence-electron chi connectivity index (χ4n) is 0.526. The van der Waals surface area contributed by atoms with Crippen molar-refractivity contribution in [3.63, 3.8) is 0 Å². The lowest BCUT2D eigenvalue weighted by atomic mass is 10.5. The summed E-state index contributed by atoms with van der Waals surface area (Å²) in [6.07, 6.45) is 2.45. The third-order valence-corrected chi connectivity index (χ3v) is 1.07. The Kier molecular flexibility index (Phi) is 81.6. The molecule has 0 aliphatic carbocycles. The van der Waals surface area contributed by atoms with Crippen LogP contribution in [0.3, 0.4) is 0 Å². The predicted octanol–water partition coefficient (Wildman–Crippen LogP) is 4.68. The number of carbonyl (C=O) groups excluding carboxylic acids is 1. The first kappa shape index (κ1) is 31.5. The summed E-state index contributed by atoms with van der Waals surface area (Å²) < 4.78 is 0. The fourth-order valence-corrected chi connectivity index (χ4v) is 0.526. The van der Waals surface area contributed by atoms with Gasteiger partial charge in [-0.15, -0.1) is 0 Å². The van der Waals surface area contributed by atoms with Crippen LogP contribution in [0.1, 0.15) is 75.2 Å². The standard InChI is InChI=1S/C6H11NO2.C4H11N.3C2H6/c1-6(2)7-9-5-3-4-8;1-3-4-5-2;3*1-2/h4H,3,5H2,1-2H3;5H,3-4H2,1-2H3;3*1-2H3. The Morgan fingerprint density at radius 2 is 1.55 bits per heavy atom. The average Bonchev–Trinajstić information content (AvgIpc) is 2.51. The van der Waals surface area contributed by atoms with Crippen molar-refractivity contribution < 1.29 is 9.63 Å². The summed E-state index contributed by atoms with van der Waals surface area (Å²) in [4.78, 5) is 14.4. The molecular formula is C16H40N2O2. The Morgan fingerprint density at radius 1 is 1.10 bits per heavy atom. The van der Waals surface area contributed by atoms with Gasteiger partial charge < -0.3 is 14.9 Å². The molecule has 0 saturated heterocycles. The number of nitrogens with one attached hydrogen (secondary N) is 1. The molecule has 0 aromatic heterocycles. The maximum absolute atomic E-state index is 9.72. The number of hydrogen-bond acceptors (Lipinski definition) is 4. The van der Waals surface area contributed by atoms with E-state index in [0.29, 0.717) is 13.0 Å². The van der Waals surface area contributed by atoms with Crippen LogP contribution in [0.4, 0.5) is 0 Å². The highest BCUT2D eigenvalue weighted by Crippen LogP contribution is 1.81. The topological polar surface area (TPSA) is 50.7 Å². The van der Waals surface area contributed by atoms with Crippen molar-refractivity contribution in [2.75, 3.05) is 20.2 Å². The van der Waals surface area contributed by atoms with Crippen LogP contribution in [0.2, 0.25) is 0 Å². The second-order valence-electron chi connectivity index (χ2n) is 2.93. The van der Waals surface area contributed by atoms with E-state index in [9.17, 15) is 4.79 Å².